The zero-order valence-electron chi connectivity index (χ0n) is 27.7. The van der Waals surface area contributed by atoms with Crippen LogP contribution in [-0.4, -0.2) is 24.5 Å². The molecule has 0 fully saturated rings. The molecule has 6 aromatic carbocycles. The molecule has 0 radical (unpaired) electrons. The summed E-state index contributed by atoms with van der Waals surface area (Å²) in [6, 6.07) is 51.0. The molecule has 5 heteroatoms. The van der Waals surface area contributed by atoms with E-state index in [2.05, 4.69) is 155 Å². The third-order valence-corrected chi connectivity index (χ3v) is 9.97. The fraction of sp³-hybridized carbons (Fsp3) is 0.0435. The summed E-state index contributed by atoms with van der Waals surface area (Å²) >= 11 is 0. The Hall–Kier alpha value is -6.72. The summed E-state index contributed by atoms with van der Waals surface area (Å²) in [6.45, 7) is 0. The van der Waals surface area contributed by atoms with Gasteiger partial charge in [-0.1, -0.05) is 121 Å². The minimum absolute atomic E-state index is 0.640. The van der Waals surface area contributed by atoms with E-state index in [0.29, 0.717) is 17.5 Å². The van der Waals surface area contributed by atoms with Crippen molar-refractivity contribution in [2.75, 3.05) is 0 Å². The molecule has 0 saturated heterocycles. The van der Waals surface area contributed by atoms with Crippen LogP contribution in [0, 0.1) is 0 Å². The molecule has 3 aromatic heterocycles. The number of aromatic nitrogens is 5. The number of fused-ring (bicyclic) bond motifs is 5. The Morgan fingerprint density at radius 3 is 2.04 bits per heavy atom. The molecular formula is C46H31N5. The van der Waals surface area contributed by atoms with E-state index in [9.17, 15) is 0 Å². The lowest BCUT2D eigenvalue weighted by Crippen LogP contribution is -2.03. The van der Waals surface area contributed by atoms with E-state index in [1.54, 1.807) is 0 Å². The predicted octanol–water partition coefficient (Wildman–Crippen LogP) is 11.1. The van der Waals surface area contributed by atoms with E-state index in [1.807, 2.05) is 18.3 Å². The lowest BCUT2D eigenvalue weighted by atomic mass is 9.93. The number of pyridine rings is 1. The lowest BCUT2D eigenvalue weighted by molar-refractivity contribution is 0.983. The highest BCUT2D eigenvalue weighted by Crippen LogP contribution is 2.38. The van der Waals surface area contributed by atoms with Crippen LogP contribution in [0.3, 0.4) is 0 Å². The van der Waals surface area contributed by atoms with Gasteiger partial charge in [-0.2, -0.15) is 0 Å². The molecular weight excluding hydrogens is 623 g/mol. The topological polar surface area (TPSA) is 56.5 Å². The number of benzene rings is 6. The molecule has 0 aliphatic heterocycles. The van der Waals surface area contributed by atoms with E-state index < -0.39 is 0 Å². The highest BCUT2D eigenvalue weighted by molar-refractivity contribution is 6.11. The average molecular weight is 654 g/mol. The summed E-state index contributed by atoms with van der Waals surface area (Å²) in [5.74, 6) is 1.98. The Morgan fingerprint density at radius 2 is 1.20 bits per heavy atom. The first-order valence-corrected chi connectivity index (χ1v) is 17.4. The Kier molecular flexibility index (Phi) is 6.88. The summed E-state index contributed by atoms with van der Waals surface area (Å²) < 4.78 is 2.34. The molecule has 10 rings (SSSR count). The number of nitrogens with zero attached hydrogens (tertiary/aromatic N) is 5. The molecule has 0 atom stereocenters. The van der Waals surface area contributed by atoms with Crippen LogP contribution >= 0.6 is 0 Å². The van der Waals surface area contributed by atoms with E-state index in [-0.39, 0.29) is 0 Å². The van der Waals surface area contributed by atoms with Crippen molar-refractivity contribution in [3.8, 4) is 51.1 Å². The lowest BCUT2D eigenvalue weighted by Gasteiger charge is -2.16. The first-order chi connectivity index (χ1) is 25.3. The summed E-state index contributed by atoms with van der Waals surface area (Å²) in [5, 5.41) is 4.60. The van der Waals surface area contributed by atoms with Crippen LogP contribution in [0.25, 0.3) is 89.8 Å². The Balaban J connectivity index is 1.23. The van der Waals surface area contributed by atoms with Gasteiger partial charge < -0.3 is 4.57 Å². The van der Waals surface area contributed by atoms with E-state index in [1.165, 1.54) is 16.5 Å². The molecule has 0 spiro atoms. The van der Waals surface area contributed by atoms with Crippen LogP contribution in [0.5, 0.6) is 0 Å². The maximum Gasteiger partial charge on any atom is 0.164 e. The van der Waals surface area contributed by atoms with Crippen LogP contribution in [-0.2, 0) is 6.42 Å². The quantitative estimate of drug-likeness (QED) is 0.185. The van der Waals surface area contributed by atoms with Crippen LogP contribution in [0.15, 0.2) is 158 Å². The first-order valence-electron chi connectivity index (χ1n) is 17.4. The highest BCUT2D eigenvalue weighted by atomic mass is 15.0. The number of allylic oxidation sites excluding steroid dienone is 1. The molecule has 9 aromatic rings. The maximum atomic E-state index is 5.23. The second kappa shape index (κ2) is 12.0. The molecule has 240 valence electrons. The third-order valence-electron chi connectivity index (χ3n) is 9.97. The zero-order valence-corrected chi connectivity index (χ0v) is 27.7. The number of hydrogen-bond donors (Lipinski definition) is 0. The molecule has 0 bridgehead atoms. The molecule has 3 heterocycles. The van der Waals surface area contributed by atoms with Crippen molar-refractivity contribution < 1.29 is 0 Å². The van der Waals surface area contributed by atoms with Gasteiger partial charge in [-0.3, -0.25) is 4.98 Å². The SMILES string of the molecule is C1=Cc2c(cccc2-c2nc(-c3ccc4c5ccc(-c6ccccn6)cc5n(-c5ccccc5)c4c3)nc(-c3cccc4ccccc34)n2)CC1. The van der Waals surface area contributed by atoms with Gasteiger partial charge in [-0.05, 0) is 71.1 Å². The minimum Gasteiger partial charge on any atom is -0.309 e. The van der Waals surface area contributed by atoms with Gasteiger partial charge in [0, 0.05) is 44.9 Å². The number of para-hydroxylation sites is 1. The van der Waals surface area contributed by atoms with Gasteiger partial charge in [0.25, 0.3) is 0 Å². The fourth-order valence-electron chi connectivity index (χ4n) is 7.53. The van der Waals surface area contributed by atoms with Crippen LogP contribution in [0.2, 0.25) is 0 Å². The minimum atomic E-state index is 0.640. The molecule has 5 nitrogen and oxygen atoms in total. The second-order valence-corrected chi connectivity index (χ2v) is 13.0. The summed E-state index contributed by atoms with van der Waals surface area (Å²) in [5.41, 5.74) is 10.8. The normalized spacial score (nSPS) is 12.5. The standard InChI is InChI=1S/C46H31N5/c1-2-16-34(17-3-1)51-42-28-32(41-22-8-9-27-47-41)23-25-37(42)38-26-24-33(29-43(38)51)44-48-45(39-20-10-14-30-12-4-6-18-35(30)39)50-46(49-44)40-21-11-15-31-13-5-7-19-36(31)40/h1-4,6-12,14-29H,5,13H2. The van der Waals surface area contributed by atoms with Crippen LogP contribution < -0.4 is 0 Å². The first kappa shape index (κ1) is 29.2. The van der Waals surface area contributed by atoms with Gasteiger partial charge >= 0.3 is 0 Å². The second-order valence-electron chi connectivity index (χ2n) is 13.0. The van der Waals surface area contributed by atoms with Crippen molar-refractivity contribution in [3.05, 3.63) is 169 Å². The Bertz CT molecular complexity index is 2790. The van der Waals surface area contributed by atoms with E-state index in [0.717, 1.165) is 73.7 Å². The van der Waals surface area contributed by atoms with Crippen molar-refractivity contribution in [1.29, 1.82) is 0 Å². The summed E-state index contributed by atoms with van der Waals surface area (Å²) in [4.78, 5) is 20.3. The average Bonchev–Trinajstić information content (AvgIpc) is 3.54. The summed E-state index contributed by atoms with van der Waals surface area (Å²) in [7, 11) is 0. The van der Waals surface area contributed by atoms with Gasteiger partial charge in [0.15, 0.2) is 17.5 Å². The number of aryl methyl sites for hydroxylation is 1. The van der Waals surface area contributed by atoms with Crippen molar-refractivity contribution in [2.45, 2.75) is 12.8 Å². The third kappa shape index (κ3) is 5.01. The fourth-order valence-corrected chi connectivity index (χ4v) is 7.53. The van der Waals surface area contributed by atoms with Gasteiger partial charge in [0.05, 0.1) is 16.7 Å². The van der Waals surface area contributed by atoms with Gasteiger partial charge in [0.2, 0.25) is 0 Å². The van der Waals surface area contributed by atoms with Gasteiger partial charge in [-0.15, -0.1) is 0 Å². The molecule has 1 aliphatic rings. The predicted molar refractivity (Wildman–Crippen MR) is 209 cm³/mol. The highest BCUT2D eigenvalue weighted by Gasteiger charge is 2.20. The van der Waals surface area contributed by atoms with E-state index in [4.69, 9.17) is 15.0 Å². The van der Waals surface area contributed by atoms with Crippen molar-refractivity contribution in [2.24, 2.45) is 0 Å². The molecule has 0 amide bonds. The monoisotopic (exact) mass is 653 g/mol. The Morgan fingerprint density at radius 1 is 0.510 bits per heavy atom. The van der Waals surface area contributed by atoms with Crippen molar-refractivity contribution in [1.82, 2.24) is 24.5 Å². The van der Waals surface area contributed by atoms with E-state index >= 15 is 0 Å². The molecule has 0 unspecified atom stereocenters. The molecule has 1 aliphatic carbocycles. The van der Waals surface area contributed by atoms with Gasteiger partial charge in [0.1, 0.15) is 0 Å². The number of hydrogen-bond acceptors (Lipinski definition) is 4. The van der Waals surface area contributed by atoms with Crippen LogP contribution in [0.1, 0.15) is 17.5 Å². The van der Waals surface area contributed by atoms with Crippen molar-refractivity contribution in [3.63, 3.8) is 0 Å². The zero-order chi connectivity index (χ0) is 33.7. The summed E-state index contributed by atoms with van der Waals surface area (Å²) in [6.07, 6.45) is 8.36. The smallest absolute Gasteiger partial charge is 0.164 e. The van der Waals surface area contributed by atoms with Crippen molar-refractivity contribution >= 4 is 38.7 Å². The Labute approximate surface area is 295 Å². The largest absolute Gasteiger partial charge is 0.309 e. The maximum absolute atomic E-state index is 5.23. The van der Waals surface area contributed by atoms with Crippen LogP contribution in [0.4, 0.5) is 0 Å². The molecule has 0 saturated carbocycles. The molecule has 51 heavy (non-hydrogen) atoms. The van der Waals surface area contributed by atoms with Gasteiger partial charge in [-0.25, -0.2) is 15.0 Å². The number of rotatable bonds is 5. The molecule has 0 N–H and O–H groups in total.